The van der Waals surface area contributed by atoms with Crippen LogP contribution in [0.4, 0.5) is 12.0 Å². The molecule has 0 bridgehead atoms. The number of anilines is 2. The highest BCUT2D eigenvalue weighted by Gasteiger charge is 2.12. The maximum absolute atomic E-state index is 5.64. The SMILES string of the molecule is CCc1nnc(Nc2nnc(C(C)N)o2)nc1CC. The molecule has 102 valence electrons. The molecule has 1 unspecified atom stereocenters. The van der Waals surface area contributed by atoms with E-state index in [9.17, 15) is 0 Å². The van der Waals surface area contributed by atoms with E-state index in [2.05, 4.69) is 30.7 Å². The first-order valence-corrected chi connectivity index (χ1v) is 6.22. The molecule has 0 radical (unpaired) electrons. The van der Waals surface area contributed by atoms with E-state index in [-0.39, 0.29) is 12.1 Å². The van der Waals surface area contributed by atoms with Gasteiger partial charge in [0.15, 0.2) is 0 Å². The van der Waals surface area contributed by atoms with Crippen molar-refractivity contribution in [3.8, 4) is 0 Å². The minimum atomic E-state index is -0.309. The van der Waals surface area contributed by atoms with Crippen LogP contribution in [-0.2, 0) is 12.8 Å². The monoisotopic (exact) mass is 263 g/mol. The number of aromatic nitrogens is 5. The van der Waals surface area contributed by atoms with Crippen molar-refractivity contribution in [3.05, 3.63) is 17.3 Å². The Bertz CT molecular complexity index is 552. The minimum absolute atomic E-state index is 0.209. The molecule has 2 aromatic rings. The van der Waals surface area contributed by atoms with Gasteiger partial charge in [0.1, 0.15) is 0 Å². The van der Waals surface area contributed by atoms with Crippen LogP contribution >= 0.6 is 0 Å². The van der Waals surface area contributed by atoms with Gasteiger partial charge in [-0.05, 0) is 19.8 Å². The van der Waals surface area contributed by atoms with Crippen LogP contribution in [0.3, 0.4) is 0 Å². The Morgan fingerprint density at radius 1 is 1.11 bits per heavy atom. The highest BCUT2D eigenvalue weighted by Crippen LogP contribution is 2.15. The zero-order valence-electron chi connectivity index (χ0n) is 11.2. The summed E-state index contributed by atoms with van der Waals surface area (Å²) in [4.78, 5) is 4.37. The molecule has 19 heavy (non-hydrogen) atoms. The third-order valence-corrected chi connectivity index (χ3v) is 2.56. The molecule has 1 atom stereocenters. The normalized spacial score (nSPS) is 12.4. The Morgan fingerprint density at radius 3 is 2.42 bits per heavy atom. The Hall–Kier alpha value is -2.09. The average Bonchev–Trinajstić information content (AvgIpc) is 2.87. The third kappa shape index (κ3) is 3.02. The molecular weight excluding hydrogens is 246 g/mol. The van der Waals surface area contributed by atoms with E-state index in [0.717, 1.165) is 24.2 Å². The summed E-state index contributed by atoms with van der Waals surface area (Å²) < 4.78 is 5.31. The molecule has 0 aromatic carbocycles. The first-order chi connectivity index (χ1) is 9.13. The summed E-state index contributed by atoms with van der Waals surface area (Å²) in [6.45, 7) is 5.80. The quantitative estimate of drug-likeness (QED) is 0.825. The van der Waals surface area contributed by atoms with Crippen LogP contribution in [0.1, 0.15) is 44.1 Å². The van der Waals surface area contributed by atoms with Gasteiger partial charge in [-0.2, -0.15) is 0 Å². The molecular formula is C11H17N7O. The number of hydrogen-bond donors (Lipinski definition) is 2. The molecule has 0 spiro atoms. The summed E-state index contributed by atoms with van der Waals surface area (Å²) in [5.74, 6) is 0.699. The zero-order chi connectivity index (χ0) is 13.8. The van der Waals surface area contributed by atoms with E-state index in [1.54, 1.807) is 6.92 Å². The number of nitrogens with two attached hydrogens (primary N) is 1. The lowest BCUT2D eigenvalue weighted by molar-refractivity contribution is 0.475. The fraction of sp³-hybridized carbons (Fsp3) is 0.545. The van der Waals surface area contributed by atoms with E-state index in [4.69, 9.17) is 10.2 Å². The van der Waals surface area contributed by atoms with E-state index in [1.165, 1.54) is 0 Å². The van der Waals surface area contributed by atoms with Gasteiger partial charge in [0.05, 0.1) is 17.4 Å². The zero-order valence-corrected chi connectivity index (χ0v) is 11.2. The summed E-state index contributed by atoms with van der Waals surface area (Å²) in [5.41, 5.74) is 7.44. The molecule has 2 rings (SSSR count). The standard InChI is InChI=1S/C11H17N7O/c1-4-7-8(5-2)15-17-10(13-7)14-11-18-16-9(19-11)6(3)12/h6H,4-5,12H2,1-3H3,(H,13,14,17,18). The van der Waals surface area contributed by atoms with Crippen molar-refractivity contribution in [3.63, 3.8) is 0 Å². The van der Waals surface area contributed by atoms with Crippen LogP contribution < -0.4 is 11.1 Å². The minimum Gasteiger partial charge on any atom is -0.406 e. The van der Waals surface area contributed by atoms with E-state index in [0.29, 0.717) is 11.8 Å². The summed E-state index contributed by atoms with van der Waals surface area (Å²) in [7, 11) is 0. The number of aryl methyl sites for hydroxylation is 2. The molecule has 0 saturated heterocycles. The smallest absolute Gasteiger partial charge is 0.322 e. The highest BCUT2D eigenvalue weighted by atomic mass is 16.4. The van der Waals surface area contributed by atoms with Crippen LogP contribution in [0.15, 0.2) is 4.42 Å². The van der Waals surface area contributed by atoms with Crippen molar-refractivity contribution in [2.24, 2.45) is 5.73 Å². The molecule has 0 amide bonds. The van der Waals surface area contributed by atoms with Gasteiger partial charge in [-0.15, -0.1) is 15.3 Å². The topological polar surface area (TPSA) is 116 Å². The van der Waals surface area contributed by atoms with Crippen LogP contribution in [-0.4, -0.2) is 25.4 Å². The van der Waals surface area contributed by atoms with Crippen LogP contribution in [0, 0.1) is 0 Å². The number of nitrogens with zero attached hydrogens (tertiary/aromatic N) is 5. The van der Waals surface area contributed by atoms with E-state index in [1.807, 2.05) is 13.8 Å². The second-order valence-corrected chi connectivity index (χ2v) is 4.10. The van der Waals surface area contributed by atoms with Crippen molar-refractivity contribution in [2.45, 2.75) is 39.7 Å². The average molecular weight is 263 g/mol. The second-order valence-electron chi connectivity index (χ2n) is 4.10. The molecule has 0 fully saturated rings. The first-order valence-electron chi connectivity index (χ1n) is 6.22. The Morgan fingerprint density at radius 2 is 1.84 bits per heavy atom. The van der Waals surface area contributed by atoms with Gasteiger partial charge in [-0.3, -0.25) is 5.32 Å². The van der Waals surface area contributed by atoms with Gasteiger partial charge in [0.2, 0.25) is 5.89 Å². The number of nitrogens with one attached hydrogen (secondary N) is 1. The maximum atomic E-state index is 5.64. The van der Waals surface area contributed by atoms with Crippen molar-refractivity contribution in [1.29, 1.82) is 0 Å². The van der Waals surface area contributed by atoms with Gasteiger partial charge in [0.25, 0.3) is 5.95 Å². The van der Waals surface area contributed by atoms with Gasteiger partial charge in [-0.1, -0.05) is 18.9 Å². The predicted molar refractivity (Wildman–Crippen MR) is 68.8 cm³/mol. The van der Waals surface area contributed by atoms with Gasteiger partial charge in [0, 0.05) is 0 Å². The Labute approximate surface area is 110 Å². The van der Waals surface area contributed by atoms with Crippen LogP contribution in [0.5, 0.6) is 0 Å². The lowest BCUT2D eigenvalue weighted by atomic mass is 10.2. The van der Waals surface area contributed by atoms with Crippen LogP contribution in [0.2, 0.25) is 0 Å². The summed E-state index contributed by atoms with van der Waals surface area (Å²) in [5, 5.41) is 18.5. The summed E-state index contributed by atoms with van der Waals surface area (Å²) in [6, 6.07) is -0.101. The van der Waals surface area contributed by atoms with Gasteiger partial charge < -0.3 is 10.2 Å². The van der Waals surface area contributed by atoms with Gasteiger partial charge in [-0.25, -0.2) is 4.98 Å². The molecule has 2 heterocycles. The largest absolute Gasteiger partial charge is 0.406 e. The van der Waals surface area contributed by atoms with Crippen molar-refractivity contribution in [2.75, 3.05) is 5.32 Å². The molecule has 8 heteroatoms. The molecule has 0 saturated carbocycles. The molecule has 2 aromatic heterocycles. The molecule has 3 N–H and O–H groups in total. The predicted octanol–water partition coefficient (Wildman–Crippen LogP) is 1.14. The number of rotatable bonds is 5. The lowest BCUT2D eigenvalue weighted by Crippen LogP contribution is -2.06. The molecule has 0 aliphatic rings. The molecule has 0 aliphatic carbocycles. The maximum Gasteiger partial charge on any atom is 0.322 e. The first kappa shape index (κ1) is 13.3. The third-order valence-electron chi connectivity index (χ3n) is 2.56. The Balaban J connectivity index is 2.18. The van der Waals surface area contributed by atoms with Crippen LogP contribution in [0.25, 0.3) is 0 Å². The van der Waals surface area contributed by atoms with Crippen molar-refractivity contribution < 1.29 is 4.42 Å². The fourth-order valence-corrected chi connectivity index (χ4v) is 1.56. The van der Waals surface area contributed by atoms with Crippen molar-refractivity contribution in [1.82, 2.24) is 25.4 Å². The fourth-order valence-electron chi connectivity index (χ4n) is 1.56. The lowest BCUT2D eigenvalue weighted by Gasteiger charge is -2.04. The molecule has 0 aliphatic heterocycles. The number of hydrogen-bond acceptors (Lipinski definition) is 8. The second kappa shape index (κ2) is 5.70. The Kier molecular flexibility index (Phi) is 4.00. The van der Waals surface area contributed by atoms with Crippen molar-refractivity contribution >= 4 is 12.0 Å². The summed E-state index contributed by atoms with van der Waals surface area (Å²) in [6.07, 6.45) is 1.60. The van der Waals surface area contributed by atoms with Gasteiger partial charge >= 0.3 is 6.01 Å². The van der Waals surface area contributed by atoms with E-state index >= 15 is 0 Å². The van der Waals surface area contributed by atoms with E-state index < -0.39 is 0 Å². The molecule has 8 nitrogen and oxygen atoms in total. The summed E-state index contributed by atoms with van der Waals surface area (Å²) >= 11 is 0. The highest BCUT2D eigenvalue weighted by molar-refractivity contribution is 5.39.